The first kappa shape index (κ1) is 26.0. The minimum atomic E-state index is -1.23. The van der Waals surface area contributed by atoms with Crippen molar-refractivity contribution in [2.24, 2.45) is 0 Å². The van der Waals surface area contributed by atoms with Crippen LogP contribution in [0.15, 0.2) is 139 Å². The third-order valence-corrected chi connectivity index (χ3v) is 6.44. The number of nitrogens with zero attached hydrogens (tertiary/aromatic N) is 2. The quantitative estimate of drug-likeness (QED) is 0.126. The van der Waals surface area contributed by atoms with Crippen LogP contribution >= 0.6 is 0 Å². The molecule has 0 spiro atoms. The highest BCUT2D eigenvalue weighted by Crippen LogP contribution is 2.36. The highest BCUT2D eigenvalue weighted by atomic mass is 16.4. The van der Waals surface area contributed by atoms with E-state index in [2.05, 4.69) is 95.9 Å². The van der Waals surface area contributed by atoms with Gasteiger partial charge in [-0.25, -0.2) is 4.79 Å². The fourth-order valence-electron chi connectivity index (χ4n) is 4.42. The number of aliphatic carboxylic acids is 1. The van der Waals surface area contributed by atoms with Gasteiger partial charge in [0, 0.05) is 17.1 Å². The highest BCUT2D eigenvalue weighted by Gasteiger charge is 2.12. The van der Waals surface area contributed by atoms with Crippen molar-refractivity contribution in [2.45, 2.75) is 0 Å². The van der Waals surface area contributed by atoms with E-state index in [0.29, 0.717) is 5.56 Å². The summed E-state index contributed by atoms with van der Waals surface area (Å²) in [6.45, 7) is 0. The number of fused-ring (bicyclic) bond motifs is 1. The normalized spacial score (nSPS) is 11.6. The average molecular weight is 519 g/mol. The predicted octanol–water partition coefficient (Wildman–Crippen LogP) is 9.03. The minimum Gasteiger partial charge on any atom is -0.477 e. The fraction of sp³-hybridized carbons (Fsp3) is 0. The third kappa shape index (κ3) is 6.24. The zero-order valence-electron chi connectivity index (χ0n) is 21.7. The van der Waals surface area contributed by atoms with Crippen LogP contribution in [0.3, 0.4) is 0 Å². The number of carboxylic acid groups (broad SMARTS) is 1. The standard InChI is InChI=1S/C36H26N2O2/c37-26-32(36(39)40)24-29-16-14-27(15-17-29)8-4-5-9-28-18-21-34(22-19-28)38(33-12-2-1-3-13-33)35-23-20-30-10-6-7-11-31(30)25-35/h1-25H,(H,39,40)/b8-4+,9-5+,32-24-. The van der Waals surface area contributed by atoms with Crippen LogP contribution in [0.4, 0.5) is 17.1 Å². The van der Waals surface area contributed by atoms with Crippen LogP contribution < -0.4 is 4.90 Å². The lowest BCUT2D eigenvalue weighted by Gasteiger charge is -2.26. The van der Waals surface area contributed by atoms with E-state index >= 15 is 0 Å². The van der Waals surface area contributed by atoms with Crippen molar-refractivity contribution in [3.05, 3.63) is 156 Å². The van der Waals surface area contributed by atoms with Crippen molar-refractivity contribution < 1.29 is 9.90 Å². The first-order chi connectivity index (χ1) is 19.6. The maximum absolute atomic E-state index is 11.0. The molecule has 192 valence electrons. The number of carbonyl (C=O) groups is 1. The molecule has 0 bridgehead atoms. The Balaban J connectivity index is 1.32. The second-order valence-corrected chi connectivity index (χ2v) is 9.15. The molecule has 4 nitrogen and oxygen atoms in total. The Morgan fingerprint density at radius 2 is 1.15 bits per heavy atom. The summed E-state index contributed by atoms with van der Waals surface area (Å²) in [4.78, 5) is 13.3. The van der Waals surface area contributed by atoms with Crippen molar-refractivity contribution in [1.82, 2.24) is 0 Å². The number of para-hydroxylation sites is 1. The van der Waals surface area contributed by atoms with Gasteiger partial charge < -0.3 is 10.0 Å². The summed E-state index contributed by atoms with van der Waals surface area (Å²) >= 11 is 0. The van der Waals surface area contributed by atoms with Crippen LogP contribution in [-0.4, -0.2) is 11.1 Å². The van der Waals surface area contributed by atoms with Crippen LogP contribution in [0.5, 0.6) is 0 Å². The van der Waals surface area contributed by atoms with Crippen molar-refractivity contribution >= 4 is 52.0 Å². The number of rotatable bonds is 8. The molecule has 5 rings (SSSR count). The zero-order chi connectivity index (χ0) is 27.7. The number of benzene rings is 5. The molecule has 0 aliphatic carbocycles. The zero-order valence-corrected chi connectivity index (χ0v) is 21.7. The van der Waals surface area contributed by atoms with Crippen LogP contribution in [0.25, 0.3) is 29.0 Å². The van der Waals surface area contributed by atoms with Gasteiger partial charge in [0.05, 0.1) is 0 Å². The molecular formula is C36H26N2O2. The molecule has 0 amide bonds. The van der Waals surface area contributed by atoms with E-state index in [1.807, 2.05) is 42.5 Å². The summed E-state index contributed by atoms with van der Waals surface area (Å²) < 4.78 is 0. The lowest BCUT2D eigenvalue weighted by Crippen LogP contribution is -2.09. The minimum absolute atomic E-state index is 0.290. The van der Waals surface area contributed by atoms with Crippen molar-refractivity contribution in [3.8, 4) is 6.07 Å². The molecule has 1 N–H and O–H groups in total. The lowest BCUT2D eigenvalue weighted by atomic mass is 10.1. The number of anilines is 3. The molecule has 0 aliphatic heterocycles. The summed E-state index contributed by atoms with van der Waals surface area (Å²) in [5.74, 6) is -1.23. The second kappa shape index (κ2) is 12.3. The fourth-order valence-corrected chi connectivity index (χ4v) is 4.42. The Morgan fingerprint density at radius 1 is 0.625 bits per heavy atom. The molecule has 0 atom stereocenters. The number of nitriles is 1. The first-order valence-electron chi connectivity index (χ1n) is 12.8. The molecule has 5 aromatic rings. The molecule has 0 radical (unpaired) electrons. The highest BCUT2D eigenvalue weighted by molar-refractivity contribution is 5.96. The lowest BCUT2D eigenvalue weighted by molar-refractivity contribution is -0.132. The van der Waals surface area contributed by atoms with Gasteiger partial charge in [0.2, 0.25) is 0 Å². The van der Waals surface area contributed by atoms with Gasteiger partial charge in [-0.05, 0) is 69.9 Å². The van der Waals surface area contributed by atoms with Gasteiger partial charge in [-0.3, -0.25) is 0 Å². The van der Waals surface area contributed by atoms with Gasteiger partial charge in [-0.2, -0.15) is 5.26 Å². The number of hydrogen-bond donors (Lipinski definition) is 1. The summed E-state index contributed by atoms with van der Waals surface area (Å²) in [6.07, 6.45) is 9.32. The number of carboxylic acids is 1. The summed E-state index contributed by atoms with van der Waals surface area (Å²) in [5, 5.41) is 20.3. The summed E-state index contributed by atoms with van der Waals surface area (Å²) in [7, 11) is 0. The van der Waals surface area contributed by atoms with Crippen molar-refractivity contribution in [1.29, 1.82) is 5.26 Å². The molecular weight excluding hydrogens is 492 g/mol. The monoisotopic (exact) mass is 518 g/mol. The van der Waals surface area contributed by atoms with Crippen LogP contribution in [0.2, 0.25) is 0 Å². The van der Waals surface area contributed by atoms with E-state index in [4.69, 9.17) is 10.4 Å². The number of hydrogen-bond acceptors (Lipinski definition) is 3. The van der Waals surface area contributed by atoms with Gasteiger partial charge in [0.25, 0.3) is 0 Å². The van der Waals surface area contributed by atoms with Gasteiger partial charge >= 0.3 is 5.97 Å². The second-order valence-electron chi connectivity index (χ2n) is 9.15. The Morgan fingerprint density at radius 3 is 1.77 bits per heavy atom. The van der Waals surface area contributed by atoms with E-state index in [1.165, 1.54) is 16.8 Å². The van der Waals surface area contributed by atoms with Crippen LogP contribution in [0, 0.1) is 11.3 Å². The van der Waals surface area contributed by atoms with Gasteiger partial charge in [-0.1, -0.05) is 109 Å². The molecule has 5 aromatic carbocycles. The van der Waals surface area contributed by atoms with Crippen LogP contribution in [0.1, 0.15) is 16.7 Å². The van der Waals surface area contributed by atoms with Crippen molar-refractivity contribution in [2.75, 3.05) is 4.90 Å². The molecule has 0 heterocycles. The number of allylic oxidation sites excluding steroid dienone is 2. The van der Waals surface area contributed by atoms with E-state index in [-0.39, 0.29) is 5.57 Å². The molecule has 0 unspecified atom stereocenters. The largest absolute Gasteiger partial charge is 0.477 e. The Kier molecular flexibility index (Phi) is 7.96. The molecule has 4 heteroatoms. The summed E-state index contributed by atoms with van der Waals surface area (Å²) in [5.41, 5.74) is 5.70. The first-order valence-corrected chi connectivity index (χ1v) is 12.8. The van der Waals surface area contributed by atoms with Gasteiger partial charge in [-0.15, -0.1) is 0 Å². The van der Waals surface area contributed by atoms with Crippen LogP contribution in [-0.2, 0) is 4.79 Å². The van der Waals surface area contributed by atoms with E-state index in [0.717, 1.165) is 28.2 Å². The van der Waals surface area contributed by atoms with Gasteiger partial charge in [0.1, 0.15) is 11.6 Å². The molecule has 0 aliphatic rings. The molecule has 40 heavy (non-hydrogen) atoms. The summed E-state index contributed by atoms with van der Waals surface area (Å²) in [6, 6.07) is 42.8. The smallest absolute Gasteiger partial charge is 0.346 e. The Hall–Kier alpha value is -5.66. The SMILES string of the molecule is N#C/C(=C/c1ccc(/C=C/C=C/c2ccc(N(c3ccccc3)c3ccc4ccccc4c3)cc2)cc1)C(=O)O. The van der Waals surface area contributed by atoms with E-state index < -0.39 is 5.97 Å². The Bertz CT molecular complexity index is 1760. The maximum Gasteiger partial charge on any atom is 0.346 e. The third-order valence-electron chi connectivity index (χ3n) is 6.44. The van der Waals surface area contributed by atoms with Crippen molar-refractivity contribution in [3.63, 3.8) is 0 Å². The molecule has 0 saturated heterocycles. The van der Waals surface area contributed by atoms with E-state index in [9.17, 15) is 4.79 Å². The topological polar surface area (TPSA) is 64.3 Å². The molecule has 0 aromatic heterocycles. The predicted molar refractivity (Wildman–Crippen MR) is 164 cm³/mol. The van der Waals surface area contributed by atoms with Gasteiger partial charge in [0.15, 0.2) is 0 Å². The maximum atomic E-state index is 11.0. The van der Waals surface area contributed by atoms with E-state index in [1.54, 1.807) is 18.2 Å². The molecule has 0 saturated carbocycles. The Labute approximate surface area is 233 Å². The average Bonchev–Trinajstić information content (AvgIpc) is 3.00. The molecule has 0 fully saturated rings.